The van der Waals surface area contributed by atoms with E-state index in [9.17, 15) is 9.59 Å². The van der Waals surface area contributed by atoms with Gasteiger partial charge in [0.15, 0.2) is 18.1 Å². The number of amides is 2. The lowest BCUT2D eigenvalue weighted by Gasteiger charge is -2.12. The van der Waals surface area contributed by atoms with Gasteiger partial charge in [-0.15, -0.1) is 0 Å². The SMILES string of the molecule is C/C=C/c1ccc(OCC(=O)Nc2ccc(C(=O)NC3CC3)cc2)c(OC)c1. The lowest BCUT2D eigenvalue weighted by atomic mass is 10.2. The van der Waals surface area contributed by atoms with Crippen molar-refractivity contribution in [3.8, 4) is 11.5 Å². The number of hydrogen-bond donors (Lipinski definition) is 2. The lowest BCUT2D eigenvalue weighted by molar-refractivity contribution is -0.118. The van der Waals surface area contributed by atoms with Gasteiger partial charge in [0.1, 0.15) is 0 Å². The van der Waals surface area contributed by atoms with Gasteiger partial charge in [-0.25, -0.2) is 0 Å². The van der Waals surface area contributed by atoms with E-state index >= 15 is 0 Å². The van der Waals surface area contributed by atoms with Crippen molar-refractivity contribution >= 4 is 23.6 Å². The first-order valence-corrected chi connectivity index (χ1v) is 9.23. The second kappa shape index (κ2) is 9.08. The Morgan fingerprint density at radius 2 is 1.86 bits per heavy atom. The largest absolute Gasteiger partial charge is 0.493 e. The number of benzene rings is 2. The molecule has 1 aliphatic carbocycles. The molecule has 2 amide bonds. The summed E-state index contributed by atoms with van der Waals surface area (Å²) in [6.45, 7) is 1.79. The van der Waals surface area contributed by atoms with Crippen molar-refractivity contribution < 1.29 is 19.1 Å². The highest BCUT2D eigenvalue weighted by molar-refractivity contribution is 5.96. The van der Waals surface area contributed by atoms with Gasteiger partial charge in [0.25, 0.3) is 11.8 Å². The van der Waals surface area contributed by atoms with E-state index in [1.54, 1.807) is 37.4 Å². The molecule has 1 saturated carbocycles. The minimum atomic E-state index is -0.297. The van der Waals surface area contributed by atoms with E-state index in [1.807, 2.05) is 31.2 Å². The van der Waals surface area contributed by atoms with Gasteiger partial charge < -0.3 is 20.1 Å². The maximum Gasteiger partial charge on any atom is 0.262 e. The molecule has 0 unspecified atom stereocenters. The maximum atomic E-state index is 12.2. The molecular weight excluding hydrogens is 356 g/mol. The summed E-state index contributed by atoms with van der Waals surface area (Å²) in [7, 11) is 1.56. The third-order valence-corrected chi connectivity index (χ3v) is 4.25. The summed E-state index contributed by atoms with van der Waals surface area (Å²) in [5.41, 5.74) is 2.17. The van der Waals surface area contributed by atoms with E-state index < -0.39 is 0 Å². The van der Waals surface area contributed by atoms with Crippen molar-refractivity contribution in [1.29, 1.82) is 0 Å². The van der Waals surface area contributed by atoms with Crippen LogP contribution in [-0.4, -0.2) is 31.6 Å². The molecule has 1 fully saturated rings. The van der Waals surface area contributed by atoms with Gasteiger partial charge in [0, 0.05) is 17.3 Å². The summed E-state index contributed by atoms with van der Waals surface area (Å²) >= 11 is 0. The van der Waals surface area contributed by atoms with Crippen molar-refractivity contribution in [3.63, 3.8) is 0 Å². The van der Waals surface area contributed by atoms with Gasteiger partial charge in [-0.3, -0.25) is 9.59 Å². The van der Waals surface area contributed by atoms with Crippen LogP contribution in [0.25, 0.3) is 6.08 Å². The smallest absolute Gasteiger partial charge is 0.262 e. The quantitative estimate of drug-likeness (QED) is 0.733. The third kappa shape index (κ3) is 5.36. The molecule has 28 heavy (non-hydrogen) atoms. The Bertz CT molecular complexity index is 871. The highest BCUT2D eigenvalue weighted by Crippen LogP contribution is 2.28. The van der Waals surface area contributed by atoms with E-state index in [4.69, 9.17) is 9.47 Å². The first-order valence-electron chi connectivity index (χ1n) is 9.23. The standard InChI is InChI=1S/C22H24N2O4/c1-3-4-15-5-12-19(20(13-15)27-2)28-14-21(25)23-17-8-6-16(7-9-17)22(26)24-18-10-11-18/h3-9,12-13,18H,10-11,14H2,1-2H3,(H,23,25)(H,24,26)/b4-3+. The maximum absolute atomic E-state index is 12.2. The Balaban J connectivity index is 1.53. The summed E-state index contributed by atoms with van der Waals surface area (Å²) in [6.07, 6.45) is 5.97. The number of rotatable bonds is 8. The van der Waals surface area contributed by atoms with Gasteiger partial charge in [0.2, 0.25) is 0 Å². The highest BCUT2D eigenvalue weighted by atomic mass is 16.5. The molecule has 1 aliphatic rings. The Kier molecular flexibility index (Phi) is 6.32. The fourth-order valence-corrected chi connectivity index (χ4v) is 2.64. The Hall–Kier alpha value is -3.28. The molecule has 0 aromatic heterocycles. The van der Waals surface area contributed by atoms with E-state index in [0.29, 0.717) is 28.8 Å². The minimum absolute atomic E-state index is 0.0860. The summed E-state index contributed by atoms with van der Waals surface area (Å²) in [5, 5.41) is 5.68. The molecule has 0 spiro atoms. The minimum Gasteiger partial charge on any atom is -0.493 e. The normalized spacial score (nSPS) is 13.2. The van der Waals surface area contributed by atoms with E-state index in [-0.39, 0.29) is 18.4 Å². The first-order chi connectivity index (χ1) is 13.6. The average Bonchev–Trinajstić information content (AvgIpc) is 3.51. The van der Waals surface area contributed by atoms with E-state index in [0.717, 1.165) is 18.4 Å². The summed E-state index contributed by atoms with van der Waals surface area (Å²) < 4.78 is 10.9. The fourth-order valence-electron chi connectivity index (χ4n) is 2.64. The number of nitrogens with one attached hydrogen (secondary N) is 2. The van der Waals surface area contributed by atoms with Crippen molar-refractivity contribution in [2.24, 2.45) is 0 Å². The number of anilines is 1. The van der Waals surface area contributed by atoms with Crippen molar-refractivity contribution in [2.45, 2.75) is 25.8 Å². The van der Waals surface area contributed by atoms with Gasteiger partial charge in [-0.05, 0) is 61.7 Å². The number of ether oxygens (including phenoxy) is 2. The molecule has 0 radical (unpaired) electrons. The summed E-state index contributed by atoms with van der Waals surface area (Å²) in [6, 6.07) is 12.6. The lowest BCUT2D eigenvalue weighted by Crippen LogP contribution is -2.25. The van der Waals surface area contributed by atoms with E-state index in [2.05, 4.69) is 10.6 Å². The molecule has 6 heteroatoms. The number of methoxy groups -OCH3 is 1. The molecule has 6 nitrogen and oxygen atoms in total. The van der Waals surface area contributed by atoms with Gasteiger partial charge in [0.05, 0.1) is 7.11 Å². The Morgan fingerprint density at radius 3 is 2.50 bits per heavy atom. The highest BCUT2D eigenvalue weighted by Gasteiger charge is 2.23. The zero-order valence-corrected chi connectivity index (χ0v) is 16.0. The average molecular weight is 380 g/mol. The summed E-state index contributed by atoms with van der Waals surface area (Å²) in [5.74, 6) is 0.680. The third-order valence-electron chi connectivity index (χ3n) is 4.25. The van der Waals surface area contributed by atoms with Crippen LogP contribution >= 0.6 is 0 Å². The van der Waals surface area contributed by atoms with Crippen molar-refractivity contribution in [2.75, 3.05) is 19.0 Å². The van der Waals surface area contributed by atoms with Crippen LogP contribution in [0.15, 0.2) is 48.5 Å². The van der Waals surface area contributed by atoms with Crippen molar-refractivity contribution in [1.82, 2.24) is 5.32 Å². The molecule has 0 bridgehead atoms. The van der Waals surface area contributed by atoms with Crippen molar-refractivity contribution in [3.05, 3.63) is 59.7 Å². The van der Waals surface area contributed by atoms with Crippen LogP contribution in [0.5, 0.6) is 11.5 Å². The number of carbonyl (C=O) groups is 2. The van der Waals surface area contributed by atoms with Crippen LogP contribution in [0.2, 0.25) is 0 Å². The molecule has 0 saturated heterocycles. The first kappa shape index (κ1) is 19.5. The molecule has 2 aromatic rings. The molecule has 2 N–H and O–H groups in total. The van der Waals surface area contributed by atoms with Gasteiger partial charge in [-0.1, -0.05) is 18.2 Å². The molecule has 2 aromatic carbocycles. The summed E-state index contributed by atoms with van der Waals surface area (Å²) in [4.78, 5) is 24.1. The second-order valence-corrected chi connectivity index (χ2v) is 6.57. The van der Waals surface area contributed by atoms with Crippen LogP contribution in [0.1, 0.15) is 35.7 Å². The fraction of sp³-hybridized carbons (Fsp3) is 0.273. The number of carbonyl (C=O) groups excluding carboxylic acids is 2. The predicted molar refractivity (Wildman–Crippen MR) is 109 cm³/mol. The second-order valence-electron chi connectivity index (χ2n) is 6.57. The molecular formula is C22H24N2O4. The Labute approximate surface area is 164 Å². The molecule has 3 rings (SSSR count). The van der Waals surface area contributed by atoms with Crippen LogP contribution in [-0.2, 0) is 4.79 Å². The molecule has 0 aliphatic heterocycles. The van der Waals surface area contributed by atoms with Crippen LogP contribution in [0.3, 0.4) is 0 Å². The zero-order chi connectivity index (χ0) is 19.9. The molecule has 146 valence electrons. The van der Waals surface area contributed by atoms with Gasteiger partial charge in [-0.2, -0.15) is 0 Å². The molecule has 0 atom stereocenters. The number of hydrogen-bond acceptors (Lipinski definition) is 4. The topological polar surface area (TPSA) is 76.7 Å². The monoisotopic (exact) mass is 380 g/mol. The van der Waals surface area contributed by atoms with Crippen LogP contribution in [0, 0.1) is 0 Å². The Morgan fingerprint density at radius 1 is 1.11 bits per heavy atom. The predicted octanol–water partition coefficient (Wildman–Crippen LogP) is 3.64. The van der Waals surface area contributed by atoms with Gasteiger partial charge >= 0.3 is 0 Å². The van der Waals surface area contributed by atoms with Crippen LogP contribution < -0.4 is 20.1 Å². The van der Waals surface area contributed by atoms with E-state index in [1.165, 1.54) is 0 Å². The zero-order valence-electron chi connectivity index (χ0n) is 16.0. The van der Waals surface area contributed by atoms with Crippen LogP contribution in [0.4, 0.5) is 5.69 Å². The number of allylic oxidation sites excluding steroid dienone is 1. The molecule has 0 heterocycles.